The number of fused-ring (bicyclic) bond motifs is 1. The van der Waals surface area contributed by atoms with Crippen molar-refractivity contribution in [1.29, 1.82) is 0 Å². The Morgan fingerprint density at radius 2 is 2.19 bits per heavy atom. The normalized spacial score (nSPS) is 21.4. The summed E-state index contributed by atoms with van der Waals surface area (Å²) in [5, 5.41) is 11.9. The molecule has 2 aliphatic rings. The monoisotopic (exact) mass is 291 g/mol. The van der Waals surface area contributed by atoms with Gasteiger partial charge in [0.1, 0.15) is 11.9 Å². The smallest absolute Gasteiger partial charge is 0.330 e. The third-order valence-electron chi connectivity index (χ3n) is 3.80. The van der Waals surface area contributed by atoms with Gasteiger partial charge in [0.15, 0.2) is 6.04 Å². The third kappa shape index (κ3) is 2.85. The van der Waals surface area contributed by atoms with Gasteiger partial charge >= 0.3 is 5.97 Å². The molecule has 0 saturated carbocycles. The lowest BCUT2D eigenvalue weighted by atomic mass is 10.0. The molecule has 0 unspecified atom stereocenters. The summed E-state index contributed by atoms with van der Waals surface area (Å²) in [6.45, 7) is 1.16. The van der Waals surface area contributed by atoms with Crippen LogP contribution in [0.25, 0.3) is 0 Å². The van der Waals surface area contributed by atoms with Crippen LogP contribution in [-0.4, -0.2) is 36.3 Å². The zero-order chi connectivity index (χ0) is 14.8. The van der Waals surface area contributed by atoms with E-state index in [2.05, 4.69) is 5.32 Å². The van der Waals surface area contributed by atoms with E-state index in [4.69, 9.17) is 9.47 Å². The highest BCUT2D eigenvalue weighted by Crippen LogP contribution is 2.28. The van der Waals surface area contributed by atoms with Gasteiger partial charge in [0.2, 0.25) is 5.91 Å². The second kappa shape index (κ2) is 5.73. The first-order valence-electron chi connectivity index (χ1n) is 7.05. The molecular formula is C15H17NO5. The summed E-state index contributed by atoms with van der Waals surface area (Å²) < 4.78 is 10.7. The molecule has 1 fully saturated rings. The Morgan fingerprint density at radius 3 is 2.90 bits per heavy atom. The lowest BCUT2D eigenvalue weighted by molar-refractivity contribution is -0.143. The summed E-state index contributed by atoms with van der Waals surface area (Å²) in [6, 6.07) is 4.16. The molecule has 6 heteroatoms. The van der Waals surface area contributed by atoms with E-state index in [-0.39, 0.29) is 5.91 Å². The molecule has 2 atom stereocenters. The number of aliphatic carboxylic acids is 1. The molecule has 0 spiro atoms. The van der Waals surface area contributed by atoms with E-state index in [9.17, 15) is 14.7 Å². The Balaban J connectivity index is 1.78. The number of hydrogen-bond acceptors (Lipinski definition) is 4. The number of carbonyl (C=O) groups is 2. The largest absolute Gasteiger partial charge is 0.493 e. The van der Waals surface area contributed by atoms with Crippen LogP contribution in [0, 0.1) is 0 Å². The standard InChI is InChI=1S/C15H17NO5/c17-14(12-2-1-6-20-12)16-13(15(18)19)10-3-4-11-9(8-10)5-7-21-11/h3-4,8,12-13H,1-2,5-7H2,(H,16,17)(H,18,19)/t12-,13-/m0/s1. The molecule has 3 rings (SSSR count). The fraction of sp³-hybridized carbons (Fsp3) is 0.467. The van der Waals surface area contributed by atoms with Crippen molar-refractivity contribution in [3.8, 4) is 5.75 Å². The van der Waals surface area contributed by atoms with E-state index in [1.807, 2.05) is 0 Å². The SMILES string of the molecule is O=C(N[C@H](C(=O)O)c1ccc2c(c1)CCO2)[C@@H]1CCCO1. The van der Waals surface area contributed by atoms with E-state index in [1.165, 1.54) is 0 Å². The first-order chi connectivity index (χ1) is 10.1. The van der Waals surface area contributed by atoms with Gasteiger partial charge in [0.25, 0.3) is 0 Å². The molecule has 0 aliphatic carbocycles. The quantitative estimate of drug-likeness (QED) is 0.866. The summed E-state index contributed by atoms with van der Waals surface area (Å²) in [7, 11) is 0. The van der Waals surface area contributed by atoms with Gasteiger partial charge in [-0.05, 0) is 36.1 Å². The Labute approximate surface area is 122 Å². The lowest BCUT2D eigenvalue weighted by Gasteiger charge is -2.18. The molecular weight excluding hydrogens is 274 g/mol. The van der Waals surface area contributed by atoms with Gasteiger partial charge in [-0.3, -0.25) is 4.79 Å². The number of carboxylic acids is 1. The van der Waals surface area contributed by atoms with Crippen LogP contribution >= 0.6 is 0 Å². The van der Waals surface area contributed by atoms with Crippen molar-refractivity contribution in [1.82, 2.24) is 5.32 Å². The lowest BCUT2D eigenvalue weighted by Crippen LogP contribution is -2.40. The molecule has 112 valence electrons. The van der Waals surface area contributed by atoms with Crippen LogP contribution in [0.3, 0.4) is 0 Å². The van der Waals surface area contributed by atoms with Crippen molar-refractivity contribution in [2.24, 2.45) is 0 Å². The highest BCUT2D eigenvalue weighted by atomic mass is 16.5. The molecule has 21 heavy (non-hydrogen) atoms. The summed E-state index contributed by atoms with van der Waals surface area (Å²) in [6.07, 6.45) is 1.68. The third-order valence-corrected chi connectivity index (χ3v) is 3.80. The molecule has 6 nitrogen and oxygen atoms in total. The van der Waals surface area contributed by atoms with Crippen LogP contribution < -0.4 is 10.1 Å². The fourth-order valence-corrected chi connectivity index (χ4v) is 2.69. The van der Waals surface area contributed by atoms with E-state index in [0.717, 1.165) is 24.2 Å². The van der Waals surface area contributed by atoms with E-state index >= 15 is 0 Å². The van der Waals surface area contributed by atoms with Crippen molar-refractivity contribution < 1.29 is 24.2 Å². The van der Waals surface area contributed by atoms with Gasteiger partial charge in [-0.2, -0.15) is 0 Å². The molecule has 1 aromatic rings. The molecule has 2 N–H and O–H groups in total. The maximum absolute atomic E-state index is 12.0. The van der Waals surface area contributed by atoms with Gasteiger partial charge in [-0.1, -0.05) is 6.07 Å². The maximum Gasteiger partial charge on any atom is 0.330 e. The first kappa shape index (κ1) is 13.9. The van der Waals surface area contributed by atoms with Gasteiger partial charge in [-0.15, -0.1) is 0 Å². The molecule has 1 aromatic carbocycles. The van der Waals surface area contributed by atoms with E-state index < -0.39 is 18.1 Å². The molecule has 0 bridgehead atoms. The number of carboxylic acid groups (broad SMARTS) is 1. The van der Waals surface area contributed by atoms with Gasteiger partial charge < -0.3 is 19.9 Å². The fourth-order valence-electron chi connectivity index (χ4n) is 2.69. The number of amides is 1. The van der Waals surface area contributed by atoms with Crippen molar-refractivity contribution in [2.45, 2.75) is 31.4 Å². The van der Waals surface area contributed by atoms with E-state index in [0.29, 0.717) is 25.2 Å². The van der Waals surface area contributed by atoms with Crippen molar-refractivity contribution in [2.75, 3.05) is 13.2 Å². The minimum atomic E-state index is -1.08. The van der Waals surface area contributed by atoms with Crippen LogP contribution in [-0.2, 0) is 20.7 Å². The van der Waals surface area contributed by atoms with Gasteiger partial charge in [0, 0.05) is 13.0 Å². The van der Waals surface area contributed by atoms with Crippen LogP contribution in [0.5, 0.6) is 5.75 Å². The zero-order valence-electron chi connectivity index (χ0n) is 11.5. The molecule has 1 saturated heterocycles. The number of hydrogen-bond donors (Lipinski definition) is 2. The Bertz CT molecular complexity index is 565. The molecule has 0 radical (unpaired) electrons. The Hall–Kier alpha value is -2.08. The second-order valence-electron chi connectivity index (χ2n) is 5.25. The number of carbonyl (C=O) groups excluding carboxylic acids is 1. The number of rotatable bonds is 4. The predicted octanol–water partition coefficient (Wildman–Crippen LogP) is 1.04. The number of ether oxygens (including phenoxy) is 2. The summed E-state index contributed by atoms with van der Waals surface area (Å²) >= 11 is 0. The van der Waals surface area contributed by atoms with Crippen LogP contribution in [0.15, 0.2) is 18.2 Å². The molecule has 2 aliphatic heterocycles. The molecule has 0 aromatic heterocycles. The zero-order valence-corrected chi connectivity index (χ0v) is 11.5. The first-order valence-corrected chi connectivity index (χ1v) is 7.05. The number of benzene rings is 1. The Morgan fingerprint density at radius 1 is 1.33 bits per heavy atom. The maximum atomic E-state index is 12.0. The van der Waals surface area contributed by atoms with Crippen LogP contribution in [0.2, 0.25) is 0 Å². The van der Waals surface area contributed by atoms with Crippen LogP contribution in [0.1, 0.15) is 30.0 Å². The summed E-state index contributed by atoms with van der Waals surface area (Å²) in [5.41, 5.74) is 1.53. The minimum Gasteiger partial charge on any atom is -0.493 e. The summed E-state index contributed by atoms with van der Waals surface area (Å²) in [4.78, 5) is 23.5. The van der Waals surface area contributed by atoms with Gasteiger partial charge in [-0.25, -0.2) is 4.79 Å². The predicted molar refractivity (Wildman–Crippen MR) is 73.1 cm³/mol. The molecule has 2 heterocycles. The Kier molecular flexibility index (Phi) is 3.79. The minimum absolute atomic E-state index is 0.364. The topological polar surface area (TPSA) is 84.9 Å². The highest BCUT2D eigenvalue weighted by molar-refractivity contribution is 5.87. The van der Waals surface area contributed by atoms with Crippen LogP contribution in [0.4, 0.5) is 0 Å². The highest BCUT2D eigenvalue weighted by Gasteiger charge is 2.29. The average Bonchev–Trinajstić information content (AvgIpc) is 3.13. The molecule has 1 amide bonds. The summed E-state index contributed by atoms with van der Waals surface area (Å²) in [5.74, 6) is -0.662. The van der Waals surface area contributed by atoms with Gasteiger partial charge in [0.05, 0.1) is 6.61 Å². The average molecular weight is 291 g/mol. The van der Waals surface area contributed by atoms with E-state index in [1.54, 1.807) is 18.2 Å². The van der Waals surface area contributed by atoms with Crippen molar-refractivity contribution in [3.05, 3.63) is 29.3 Å². The van der Waals surface area contributed by atoms with Crippen molar-refractivity contribution in [3.63, 3.8) is 0 Å². The van der Waals surface area contributed by atoms with Crippen molar-refractivity contribution >= 4 is 11.9 Å². The number of nitrogens with one attached hydrogen (secondary N) is 1. The second-order valence-corrected chi connectivity index (χ2v) is 5.25.